The molecule has 1 aromatic rings. The topological polar surface area (TPSA) is 21.3 Å². The fourth-order valence-corrected chi connectivity index (χ4v) is 1.41. The number of methoxy groups -OCH3 is 1. The summed E-state index contributed by atoms with van der Waals surface area (Å²) in [5.41, 5.74) is 1.20. The van der Waals surface area contributed by atoms with Crippen molar-refractivity contribution in [3.63, 3.8) is 0 Å². The molecule has 2 nitrogen and oxygen atoms in total. The number of ether oxygens (including phenoxy) is 1. The van der Waals surface area contributed by atoms with Crippen LogP contribution in [-0.2, 0) is 6.42 Å². The molecule has 0 bridgehead atoms. The van der Waals surface area contributed by atoms with Crippen molar-refractivity contribution in [1.82, 2.24) is 5.32 Å². The van der Waals surface area contributed by atoms with Gasteiger partial charge in [0.25, 0.3) is 0 Å². The third kappa shape index (κ3) is 2.60. The Kier molecular flexibility index (Phi) is 4.20. The van der Waals surface area contributed by atoms with E-state index < -0.39 is 0 Å². The second kappa shape index (κ2) is 5.45. The maximum absolute atomic E-state index is 5.27. The Labute approximate surface area is 85.6 Å². The van der Waals surface area contributed by atoms with Gasteiger partial charge in [-0.2, -0.15) is 0 Å². The molecule has 0 radical (unpaired) electrons. The van der Waals surface area contributed by atoms with Gasteiger partial charge < -0.3 is 10.1 Å². The highest BCUT2D eigenvalue weighted by atomic mass is 16.5. The fraction of sp³-hybridized carbons (Fsp3) is 0.333. The smallest absolute Gasteiger partial charge is 0.122 e. The zero-order valence-corrected chi connectivity index (χ0v) is 8.79. The van der Waals surface area contributed by atoms with Crippen molar-refractivity contribution in [3.8, 4) is 5.75 Å². The van der Waals surface area contributed by atoms with Crippen LogP contribution in [0.4, 0.5) is 0 Å². The highest BCUT2D eigenvalue weighted by molar-refractivity contribution is 5.34. The van der Waals surface area contributed by atoms with E-state index in [4.69, 9.17) is 4.74 Å². The van der Waals surface area contributed by atoms with Gasteiger partial charge in [-0.15, -0.1) is 6.58 Å². The summed E-state index contributed by atoms with van der Waals surface area (Å²) in [6.07, 6.45) is 2.82. The monoisotopic (exact) mass is 191 g/mol. The number of nitrogens with one attached hydrogen (secondary N) is 1. The van der Waals surface area contributed by atoms with Gasteiger partial charge in [-0.25, -0.2) is 0 Å². The van der Waals surface area contributed by atoms with Gasteiger partial charge in [0.2, 0.25) is 0 Å². The molecular formula is C12H17NO. The van der Waals surface area contributed by atoms with Crippen molar-refractivity contribution in [2.75, 3.05) is 14.2 Å². The van der Waals surface area contributed by atoms with Crippen molar-refractivity contribution in [2.45, 2.75) is 12.5 Å². The maximum atomic E-state index is 5.27. The lowest BCUT2D eigenvalue weighted by Gasteiger charge is -2.13. The summed E-state index contributed by atoms with van der Waals surface area (Å²) in [6, 6.07) is 8.35. The molecule has 14 heavy (non-hydrogen) atoms. The molecule has 0 saturated heterocycles. The van der Waals surface area contributed by atoms with E-state index in [1.165, 1.54) is 5.56 Å². The molecule has 1 atom stereocenters. The van der Waals surface area contributed by atoms with Gasteiger partial charge in [0.05, 0.1) is 7.11 Å². The number of benzene rings is 1. The predicted octanol–water partition coefficient (Wildman–Crippen LogP) is 2.01. The van der Waals surface area contributed by atoms with Crippen molar-refractivity contribution in [3.05, 3.63) is 42.5 Å². The highest BCUT2D eigenvalue weighted by Crippen LogP contribution is 2.18. The second-order valence-electron chi connectivity index (χ2n) is 3.15. The summed E-state index contributed by atoms with van der Waals surface area (Å²) >= 11 is 0. The summed E-state index contributed by atoms with van der Waals surface area (Å²) in [5.74, 6) is 0.939. The van der Waals surface area contributed by atoms with Crippen LogP contribution in [0.15, 0.2) is 36.9 Å². The number of para-hydroxylation sites is 1. The van der Waals surface area contributed by atoms with Gasteiger partial charge in [-0.1, -0.05) is 24.3 Å². The van der Waals surface area contributed by atoms with Crippen molar-refractivity contribution in [2.24, 2.45) is 0 Å². The predicted molar refractivity (Wildman–Crippen MR) is 59.7 cm³/mol. The van der Waals surface area contributed by atoms with E-state index in [1.54, 1.807) is 7.11 Å². The molecule has 76 valence electrons. The standard InChI is InChI=1S/C12H17NO/c1-4-11(13-2)9-10-7-5-6-8-12(10)14-3/h4-8,11,13H,1,9H2,2-3H3. The van der Waals surface area contributed by atoms with Gasteiger partial charge >= 0.3 is 0 Å². The first-order valence-corrected chi connectivity index (χ1v) is 4.73. The first kappa shape index (κ1) is 10.8. The van der Waals surface area contributed by atoms with E-state index in [0.29, 0.717) is 6.04 Å². The largest absolute Gasteiger partial charge is 0.496 e. The summed E-state index contributed by atoms with van der Waals surface area (Å²) in [7, 11) is 3.63. The zero-order chi connectivity index (χ0) is 10.4. The van der Waals surface area contributed by atoms with Crippen LogP contribution < -0.4 is 10.1 Å². The van der Waals surface area contributed by atoms with E-state index in [0.717, 1.165) is 12.2 Å². The Bertz CT molecular complexity index is 296. The lowest BCUT2D eigenvalue weighted by atomic mass is 10.1. The normalized spacial score (nSPS) is 12.1. The van der Waals surface area contributed by atoms with E-state index >= 15 is 0 Å². The summed E-state index contributed by atoms with van der Waals surface area (Å²) in [6.45, 7) is 3.78. The Balaban J connectivity index is 2.78. The molecule has 0 amide bonds. The highest BCUT2D eigenvalue weighted by Gasteiger charge is 2.06. The van der Waals surface area contributed by atoms with Crippen LogP contribution in [0.3, 0.4) is 0 Å². The molecule has 0 aliphatic carbocycles. The Morgan fingerprint density at radius 1 is 1.50 bits per heavy atom. The van der Waals surface area contributed by atoms with Crippen LogP contribution in [0.5, 0.6) is 5.75 Å². The number of hydrogen-bond acceptors (Lipinski definition) is 2. The summed E-state index contributed by atoms with van der Waals surface area (Å²) in [5, 5.41) is 3.18. The molecule has 2 heteroatoms. The van der Waals surface area contributed by atoms with Crippen LogP contribution in [0.1, 0.15) is 5.56 Å². The van der Waals surface area contributed by atoms with Crippen molar-refractivity contribution in [1.29, 1.82) is 0 Å². The van der Waals surface area contributed by atoms with E-state index in [2.05, 4.69) is 18.0 Å². The van der Waals surface area contributed by atoms with Gasteiger partial charge in [0.1, 0.15) is 5.75 Å². The molecule has 1 aromatic carbocycles. The first-order valence-electron chi connectivity index (χ1n) is 4.73. The molecule has 1 unspecified atom stereocenters. The molecule has 0 saturated carbocycles. The molecular weight excluding hydrogens is 174 g/mol. The van der Waals surface area contributed by atoms with Crippen molar-refractivity contribution < 1.29 is 4.74 Å². The van der Waals surface area contributed by atoms with Crippen LogP contribution in [0.25, 0.3) is 0 Å². The summed E-state index contributed by atoms with van der Waals surface area (Å²) in [4.78, 5) is 0. The first-order chi connectivity index (χ1) is 6.81. The van der Waals surface area contributed by atoms with Gasteiger partial charge in [0.15, 0.2) is 0 Å². The minimum atomic E-state index is 0.297. The lowest BCUT2D eigenvalue weighted by molar-refractivity contribution is 0.408. The Morgan fingerprint density at radius 2 is 2.21 bits per heavy atom. The number of hydrogen-bond donors (Lipinski definition) is 1. The third-order valence-electron chi connectivity index (χ3n) is 2.29. The van der Waals surface area contributed by atoms with E-state index in [-0.39, 0.29) is 0 Å². The van der Waals surface area contributed by atoms with Gasteiger partial charge in [0, 0.05) is 6.04 Å². The average Bonchev–Trinajstić information content (AvgIpc) is 2.26. The molecule has 0 aliphatic rings. The molecule has 0 aromatic heterocycles. The molecule has 0 aliphatic heterocycles. The SMILES string of the molecule is C=CC(Cc1ccccc1OC)NC. The quantitative estimate of drug-likeness (QED) is 0.719. The molecule has 1 N–H and O–H groups in total. The van der Waals surface area contributed by atoms with E-state index in [1.807, 2.05) is 31.3 Å². The number of rotatable bonds is 5. The van der Waals surface area contributed by atoms with Crippen LogP contribution >= 0.6 is 0 Å². The zero-order valence-electron chi connectivity index (χ0n) is 8.79. The molecule has 1 rings (SSSR count). The third-order valence-corrected chi connectivity index (χ3v) is 2.29. The van der Waals surface area contributed by atoms with Gasteiger partial charge in [-0.3, -0.25) is 0 Å². The van der Waals surface area contributed by atoms with Crippen LogP contribution in [0.2, 0.25) is 0 Å². The maximum Gasteiger partial charge on any atom is 0.122 e. The van der Waals surface area contributed by atoms with E-state index in [9.17, 15) is 0 Å². The Morgan fingerprint density at radius 3 is 2.79 bits per heavy atom. The minimum absolute atomic E-state index is 0.297. The number of likely N-dealkylation sites (N-methyl/N-ethyl adjacent to an activating group) is 1. The molecule has 0 heterocycles. The lowest BCUT2D eigenvalue weighted by Crippen LogP contribution is -2.24. The minimum Gasteiger partial charge on any atom is -0.496 e. The molecule has 0 spiro atoms. The molecule has 0 fully saturated rings. The van der Waals surface area contributed by atoms with Crippen molar-refractivity contribution >= 4 is 0 Å². The average molecular weight is 191 g/mol. The fourth-order valence-electron chi connectivity index (χ4n) is 1.41. The van der Waals surface area contributed by atoms with Gasteiger partial charge in [-0.05, 0) is 25.1 Å². The van der Waals surface area contributed by atoms with Crippen LogP contribution in [0, 0.1) is 0 Å². The van der Waals surface area contributed by atoms with Crippen LogP contribution in [-0.4, -0.2) is 20.2 Å². The second-order valence-corrected chi connectivity index (χ2v) is 3.15. The summed E-state index contributed by atoms with van der Waals surface area (Å²) < 4.78 is 5.27. The Hall–Kier alpha value is -1.28.